The number of hydrogen-bond acceptors (Lipinski definition) is 6. The van der Waals surface area contributed by atoms with Crippen molar-refractivity contribution < 1.29 is 14.4 Å². The summed E-state index contributed by atoms with van der Waals surface area (Å²) in [5.74, 6) is -0.428. The predicted molar refractivity (Wildman–Crippen MR) is 114 cm³/mol. The molecule has 3 heterocycles. The summed E-state index contributed by atoms with van der Waals surface area (Å²) in [6.07, 6.45) is 1.80. The number of hydrogen-bond donors (Lipinski definition) is 0. The van der Waals surface area contributed by atoms with Crippen LogP contribution in [0.3, 0.4) is 0 Å². The minimum atomic E-state index is -0.259. The summed E-state index contributed by atoms with van der Waals surface area (Å²) < 4.78 is 0. The van der Waals surface area contributed by atoms with E-state index in [-0.39, 0.29) is 24.3 Å². The molecule has 1 aromatic heterocycles. The highest BCUT2D eigenvalue weighted by Crippen LogP contribution is 2.23. The Kier molecular flexibility index (Phi) is 6.24. The lowest BCUT2D eigenvalue weighted by atomic mass is 10.1. The molecule has 2 aliphatic heterocycles. The molecule has 1 aromatic carbocycles. The zero-order chi connectivity index (χ0) is 21.1. The van der Waals surface area contributed by atoms with E-state index in [1.165, 1.54) is 4.90 Å². The van der Waals surface area contributed by atoms with Gasteiger partial charge < -0.3 is 4.90 Å². The average molecular weight is 427 g/mol. The Morgan fingerprint density at radius 3 is 2.33 bits per heavy atom. The Morgan fingerprint density at radius 1 is 1.07 bits per heavy atom. The van der Waals surface area contributed by atoms with Crippen molar-refractivity contribution >= 4 is 29.1 Å². The van der Waals surface area contributed by atoms with E-state index in [4.69, 9.17) is 0 Å². The summed E-state index contributed by atoms with van der Waals surface area (Å²) in [4.78, 5) is 47.4. The molecule has 0 atom stereocenters. The first kappa shape index (κ1) is 20.7. The van der Waals surface area contributed by atoms with E-state index in [1.807, 2.05) is 4.90 Å². The summed E-state index contributed by atoms with van der Waals surface area (Å²) in [6.45, 7) is 6.31. The number of rotatable bonds is 7. The molecule has 2 aliphatic rings. The number of piperazine rings is 1. The second-order valence-corrected chi connectivity index (χ2v) is 8.60. The second-order valence-electron chi connectivity index (χ2n) is 7.65. The summed E-state index contributed by atoms with van der Waals surface area (Å²) in [5.41, 5.74) is 2.02. The molecule has 2 aromatic rings. The number of thiazole rings is 1. The Morgan fingerprint density at radius 2 is 1.73 bits per heavy atom. The molecule has 4 rings (SSSR count). The maximum absolute atomic E-state index is 12.6. The molecule has 1 saturated heterocycles. The van der Waals surface area contributed by atoms with Gasteiger partial charge in [-0.2, -0.15) is 0 Å². The highest BCUT2D eigenvalue weighted by Gasteiger charge is 2.34. The highest BCUT2D eigenvalue weighted by molar-refractivity contribution is 7.09. The number of aromatic nitrogens is 1. The van der Waals surface area contributed by atoms with Gasteiger partial charge in [0.1, 0.15) is 0 Å². The number of amides is 3. The summed E-state index contributed by atoms with van der Waals surface area (Å²) in [5, 5.41) is 3.28. The van der Waals surface area contributed by atoms with Crippen molar-refractivity contribution in [3.05, 3.63) is 51.5 Å². The van der Waals surface area contributed by atoms with Gasteiger partial charge in [0.05, 0.1) is 21.8 Å². The molecule has 8 heteroatoms. The van der Waals surface area contributed by atoms with Gasteiger partial charge in [0.15, 0.2) is 0 Å². The van der Waals surface area contributed by atoms with E-state index in [9.17, 15) is 14.4 Å². The number of fused-ring (bicyclic) bond motifs is 1. The molecule has 0 spiro atoms. The predicted octanol–water partition coefficient (Wildman–Crippen LogP) is 2.43. The number of imide groups is 1. The minimum Gasteiger partial charge on any atom is -0.340 e. The van der Waals surface area contributed by atoms with Crippen molar-refractivity contribution in [3.63, 3.8) is 0 Å². The van der Waals surface area contributed by atoms with Gasteiger partial charge in [-0.1, -0.05) is 19.1 Å². The van der Waals surface area contributed by atoms with Crippen molar-refractivity contribution in [2.45, 2.75) is 32.7 Å². The van der Waals surface area contributed by atoms with Gasteiger partial charge in [0.2, 0.25) is 5.91 Å². The van der Waals surface area contributed by atoms with Gasteiger partial charge in [0, 0.05) is 51.1 Å². The third-order valence-electron chi connectivity index (χ3n) is 5.66. The van der Waals surface area contributed by atoms with Crippen LogP contribution in [0.2, 0.25) is 0 Å². The SMILES string of the molecule is CCc1nc(CN2CCN(C(=O)CCCN3C(=O)c4ccccc4C3=O)CC2)cs1. The van der Waals surface area contributed by atoms with Gasteiger partial charge in [-0.05, 0) is 25.0 Å². The lowest BCUT2D eigenvalue weighted by Crippen LogP contribution is -2.48. The Bertz CT molecular complexity index is 914. The summed E-state index contributed by atoms with van der Waals surface area (Å²) >= 11 is 1.71. The van der Waals surface area contributed by atoms with Crippen LogP contribution in [0.1, 0.15) is 51.2 Å². The van der Waals surface area contributed by atoms with E-state index in [0.717, 1.165) is 36.8 Å². The molecule has 3 amide bonds. The highest BCUT2D eigenvalue weighted by atomic mass is 32.1. The smallest absolute Gasteiger partial charge is 0.261 e. The topological polar surface area (TPSA) is 73.8 Å². The first-order chi connectivity index (χ1) is 14.6. The first-order valence-corrected chi connectivity index (χ1v) is 11.3. The van der Waals surface area contributed by atoms with Crippen LogP contribution in [-0.4, -0.2) is 70.1 Å². The molecule has 0 bridgehead atoms. The van der Waals surface area contributed by atoms with E-state index < -0.39 is 0 Å². The van der Waals surface area contributed by atoms with Crippen molar-refractivity contribution in [1.82, 2.24) is 19.7 Å². The molecule has 158 valence electrons. The molecule has 0 radical (unpaired) electrons. The largest absolute Gasteiger partial charge is 0.340 e. The Labute approximate surface area is 180 Å². The molecule has 1 fully saturated rings. The normalized spacial score (nSPS) is 17.0. The average Bonchev–Trinajstić information content (AvgIpc) is 3.32. The van der Waals surface area contributed by atoms with E-state index in [2.05, 4.69) is 22.2 Å². The monoisotopic (exact) mass is 426 g/mol. The van der Waals surface area contributed by atoms with Crippen molar-refractivity contribution in [3.8, 4) is 0 Å². The van der Waals surface area contributed by atoms with Crippen molar-refractivity contribution in [1.29, 1.82) is 0 Å². The lowest BCUT2D eigenvalue weighted by Gasteiger charge is -2.34. The number of nitrogens with zero attached hydrogens (tertiary/aromatic N) is 4. The second kappa shape index (κ2) is 9.06. The van der Waals surface area contributed by atoms with Gasteiger partial charge in [-0.15, -0.1) is 11.3 Å². The van der Waals surface area contributed by atoms with Crippen LogP contribution in [0.15, 0.2) is 29.6 Å². The molecule has 0 aliphatic carbocycles. The third kappa shape index (κ3) is 4.29. The van der Waals surface area contributed by atoms with Crippen LogP contribution in [0.5, 0.6) is 0 Å². The molecule has 0 unspecified atom stereocenters. The molecule has 30 heavy (non-hydrogen) atoms. The van der Waals surface area contributed by atoms with Gasteiger partial charge >= 0.3 is 0 Å². The molecular weight excluding hydrogens is 400 g/mol. The van der Waals surface area contributed by atoms with Crippen LogP contribution in [0, 0.1) is 0 Å². The zero-order valence-electron chi connectivity index (χ0n) is 17.2. The van der Waals surface area contributed by atoms with E-state index >= 15 is 0 Å². The van der Waals surface area contributed by atoms with Gasteiger partial charge in [0.25, 0.3) is 11.8 Å². The fraction of sp³-hybridized carbons (Fsp3) is 0.455. The molecule has 0 saturated carbocycles. The maximum Gasteiger partial charge on any atom is 0.261 e. The van der Waals surface area contributed by atoms with Crippen molar-refractivity contribution in [2.75, 3.05) is 32.7 Å². The fourth-order valence-corrected chi connectivity index (χ4v) is 4.69. The lowest BCUT2D eigenvalue weighted by molar-refractivity contribution is -0.133. The summed E-state index contributed by atoms with van der Waals surface area (Å²) in [6, 6.07) is 6.87. The van der Waals surface area contributed by atoms with Crippen LogP contribution < -0.4 is 0 Å². The quantitative estimate of drug-likeness (QED) is 0.636. The van der Waals surface area contributed by atoms with Crippen molar-refractivity contribution in [2.24, 2.45) is 0 Å². The summed E-state index contributed by atoms with van der Waals surface area (Å²) in [7, 11) is 0. The molecule has 7 nitrogen and oxygen atoms in total. The number of carbonyl (C=O) groups is 3. The number of benzene rings is 1. The first-order valence-electron chi connectivity index (χ1n) is 10.5. The molecule has 0 N–H and O–H groups in total. The minimum absolute atomic E-state index is 0.0909. The number of aryl methyl sites for hydroxylation is 1. The molecular formula is C22H26N4O3S. The van der Waals surface area contributed by atoms with Crippen LogP contribution >= 0.6 is 11.3 Å². The van der Waals surface area contributed by atoms with E-state index in [0.29, 0.717) is 37.1 Å². The maximum atomic E-state index is 12.6. The standard InChI is InChI=1S/C22H26N4O3S/c1-2-19-23-16(15-30-19)14-24-10-12-25(13-11-24)20(27)8-5-9-26-21(28)17-6-3-4-7-18(17)22(26)29/h3-4,6-7,15H,2,5,8-14H2,1H3. The van der Waals surface area contributed by atoms with Crippen LogP contribution in [-0.2, 0) is 17.8 Å². The van der Waals surface area contributed by atoms with Crippen LogP contribution in [0.4, 0.5) is 0 Å². The third-order valence-corrected chi connectivity index (χ3v) is 6.70. The fourth-order valence-electron chi connectivity index (χ4n) is 3.96. The van der Waals surface area contributed by atoms with E-state index in [1.54, 1.807) is 35.6 Å². The van der Waals surface area contributed by atoms with Gasteiger partial charge in [-0.25, -0.2) is 4.98 Å². The van der Waals surface area contributed by atoms with Gasteiger partial charge in [-0.3, -0.25) is 24.2 Å². The van der Waals surface area contributed by atoms with Crippen LogP contribution in [0.25, 0.3) is 0 Å². The Balaban J connectivity index is 1.20. The number of carbonyl (C=O) groups excluding carboxylic acids is 3. The zero-order valence-corrected chi connectivity index (χ0v) is 18.0. The Hall–Kier alpha value is -2.58.